The molecule has 2 aromatic carbocycles. The first kappa shape index (κ1) is 19.0. The van der Waals surface area contributed by atoms with Crippen LogP contribution < -0.4 is 4.90 Å². The van der Waals surface area contributed by atoms with Crippen LogP contribution in [0.5, 0.6) is 0 Å². The molecule has 0 aliphatic carbocycles. The molecule has 0 spiro atoms. The van der Waals surface area contributed by atoms with Crippen LogP contribution in [0, 0.1) is 5.92 Å². The minimum Gasteiger partial charge on any atom is -0.378 e. The summed E-state index contributed by atoms with van der Waals surface area (Å²) in [6, 6.07) is 18.2. The summed E-state index contributed by atoms with van der Waals surface area (Å²) < 4.78 is 5.41. The average Bonchev–Trinajstić information content (AvgIpc) is 2.84. The molecule has 0 N–H and O–H groups in total. The highest BCUT2D eigenvalue weighted by Gasteiger charge is 2.31. The predicted molar refractivity (Wildman–Crippen MR) is 117 cm³/mol. The van der Waals surface area contributed by atoms with Crippen LogP contribution in [0.15, 0.2) is 54.6 Å². The van der Waals surface area contributed by atoms with Crippen molar-refractivity contribution in [2.24, 2.45) is 5.92 Å². The zero-order valence-corrected chi connectivity index (χ0v) is 17.0. The molecule has 5 rings (SSSR count). The van der Waals surface area contributed by atoms with Gasteiger partial charge in [0.15, 0.2) is 5.82 Å². The Labute approximate surface area is 176 Å². The number of morpholine rings is 1. The SMILES string of the molecule is O=C([C@@H]1CCCN(c2nc(-c3ccccc3)nc3ccccc23)C1)N1CCOCC1. The zero-order chi connectivity index (χ0) is 20.3. The molecule has 0 bridgehead atoms. The van der Waals surface area contributed by atoms with Gasteiger partial charge in [0.2, 0.25) is 5.91 Å². The normalized spacial score (nSPS) is 19.8. The Kier molecular flexibility index (Phi) is 5.32. The van der Waals surface area contributed by atoms with Gasteiger partial charge in [-0.05, 0) is 25.0 Å². The highest BCUT2D eigenvalue weighted by atomic mass is 16.5. The summed E-state index contributed by atoms with van der Waals surface area (Å²) in [5.74, 6) is 1.92. The number of anilines is 1. The van der Waals surface area contributed by atoms with Crippen molar-refractivity contribution in [2.45, 2.75) is 12.8 Å². The second-order valence-electron chi connectivity index (χ2n) is 7.98. The molecule has 6 nitrogen and oxygen atoms in total. The van der Waals surface area contributed by atoms with Gasteiger partial charge in [0.1, 0.15) is 5.82 Å². The van der Waals surface area contributed by atoms with Crippen LogP contribution in [-0.4, -0.2) is 60.2 Å². The number of aromatic nitrogens is 2. The summed E-state index contributed by atoms with van der Waals surface area (Å²) >= 11 is 0. The molecule has 30 heavy (non-hydrogen) atoms. The maximum absolute atomic E-state index is 13.1. The molecule has 3 aromatic rings. The van der Waals surface area contributed by atoms with E-state index in [0.29, 0.717) is 32.8 Å². The van der Waals surface area contributed by atoms with E-state index in [1.165, 1.54) is 0 Å². The monoisotopic (exact) mass is 402 g/mol. The molecule has 154 valence electrons. The van der Waals surface area contributed by atoms with E-state index in [4.69, 9.17) is 14.7 Å². The van der Waals surface area contributed by atoms with E-state index >= 15 is 0 Å². The van der Waals surface area contributed by atoms with Crippen molar-refractivity contribution in [3.63, 3.8) is 0 Å². The van der Waals surface area contributed by atoms with Crippen LogP contribution in [-0.2, 0) is 9.53 Å². The fraction of sp³-hybridized carbons (Fsp3) is 0.375. The number of rotatable bonds is 3. The number of amides is 1. The van der Waals surface area contributed by atoms with Gasteiger partial charge < -0.3 is 14.5 Å². The number of carbonyl (C=O) groups excluding carboxylic acids is 1. The highest BCUT2D eigenvalue weighted by Crippen LogP contribution is 2.31. The molecule has 0 unspecified atom stereocenters. The number of fused-ring (bicyclic) bond motifs is 1. The Morgan fingerprint density at radius 1 is 0.933 bits per heavy atom. The number of carbonyl (C=O) groups is 1. The predicted octanol–water partition coefficient (Wildman–Crippen LogP) is 3.37. The van der Waals surface area contributed by atoms with Crippen LogP contribution in [0.3, 0.4) is 0 Å². The number of benzene rings is 2. The Bertz CT molecular complexity index is 1030. The molecule has 2 aliphatic heterocycles. The Morgan fingerprint density at radius 2 is 1.70 bits per heavy atom. The van der Waals surface area contributed by atoms with Gasteiger partial charge in [-0.25, -0.2) is 9.97 Å². The average molecular weight is 402 g/mol. The Morgan fingerprint density at radius 3 is 2.53 bits per heavy atom. The van der Waals surface area contributed by atoms with Crippen LogP contribution in [0.2, 0.25) is 0 Å². The van der Waals surface area contributed by atoms with Gasteiger partial charge >= 0.3 is 0 Å². The Balaban J connectivity index is 1.48. The first-order chi connectivity index (χ1) is 14.8. The minimum absolute atomic E-state index is 0.00533. The molecule has 0 saturated carbocycles. The fourth-order valence-electron chi connectivity index (χ4n) is 4.43. The van der Waals surface area contributed by atoms with Gasteiger partial charge in [0, 0.05) is 37.1 Å². The summed E-state index contributed by atoms with van der Waals surface area (Å²) in [5, 5.41) is 1.04. The zero-order valence-electron chi connectivity index (χ0n) is 17.0. The molecule has 1 amide bonds. The maximum atomic E-state index is 13.1. The molecule has 2 saturated heterocycles. The van der Waals surface area contributed by atoms with Gasteiger partial charge in [0.05, 0.1) is 24.6 Å². The first-order valence-electron chi connectivity index (χ1n) is 10.7. The van der Waals surface area contributed by atoms with Crippen LogP contribution in [0.25, 0.3) is 22.3 Å². The molecule has 1 atom stereocenters. The number of nitrogens with zero attached hydrogens (tertiary/aromatic N) is 4. The third-order valence-electron chi connectivity index (χ3n) is 6.01. The van der Waals surface area contributed by atoms with Crippen molar-refractivity contribution in [2.75, 3.05) is 44.3 Å². The van der Waals surface area contributed by atoms with Gasteiger partial charge in [0.25, 0.3) is 0 Å². The van der Waals surface area contributed by atoms with E-state index in [0.717, 1.165) is 47.5 Å². The maximum Gasteiger partial charge on any atom is 0.227 e. The lowest BCUT2D eigenvalue weighted by Crippen LogP contribution is -2.48. The summed E-state index contributed by atoms with van der Waals surface area (Å²) in [6.45, 7) is 4.28. The second kappa shape index (κ2) is 8.40. The van der Waals surface area contributed by atoms with Gasteiger partial charge in [-0.15, -0.1) is 0 Å². The topological polar surface area (TPSA) is 58.6 Å². The number of para-hydroxylation sites is 1. The molecule has 6 heteroatoms. The summed E-state index contributed by atoms with van der Waals surface area (Å²) in [6.07, 6.45) is 1.92. The van der Waals surface area contributed by atoms with Gasteiger partial charge in [-0.2, -0.15) is 0 Å². The van der Waals surface area contributed by atoms with E-state index in [9.17, 15) is 4.79 Å². The molecule has 1 aromatic heterocycles. The lowest BCUT2D eigenvalue weighted by Gasteiger charge is -2.37. The number of piperidine rings is 1. The van der Waals surface area contributed by atoms with Gasteiger partial charge in [-0.3, -0.25) is 4.79 Å². The largest absolute Gasteiger partial charge is 0.378 e. The molecule has 2 aliphatic rings. The minimum atomic E-state index is 0.00533. The van der Waals surface area contributed by atoms with E-state index < -0.39 is 0 Å². The highest BCUT2D eigenvalue weighted by molar-refractivity contribution is 5.91. The van der Waals surface area contributed by atoms with Crippen molar-refractivity contribution in [1.82, 2.24) is 14.9 Å². The van der Waals surface area contributed by atoms with E-state index in [1.807, 2.05) is 53.4 Å². The van der Waals surface area contributed by atoms with Crippen LogP contribution in [0.4, 0.5) is 5.82 Å². The second-order valence-corrected chi connectivity index (χ2v) is 7.98. The lowest BCUT2D eigenvalue weighted by atomic mass is 9.96. The standard InChI is InChI=1S/C24H26N4O2/c29-24(27-13-15-30-16-14-27)19-9-6-12-28(17-19)23-20-10-4-5-11-21(20)25-22(26-23)18-7-2-1-3-8-18/h1-5,7-8,10-11,19H,6,9,12-17H2/t19-/m1/s1. The fourth-order valence-corrected chi connectivity index (χ4v) is 4.43. The van der Waals surface area contributed by atoms with Crippen molar-refractivity contribution in [1.29, 1.82) is 0 Å². The van der Waals surface area contributed by atoms with E-state index in [1.54, 1.807) is 0 Å². The quantitative estimate of drug-likeness (QED) is 0.672. The smallest absolute Gasteiger partial charge is 0.227 e. The van der Waals surface area contributed by atoms with Crippen molar-refractivity contribution in [3.8, 4) is 11.4 Å². The van der Waals surface area contributed by atoms with Crippen LogP contribution in [0.1, 0.15) is 12.8 Å². The third-order valence-corrected chi connectivity index (χ3v) is 6.01. The van der Waals surface area contributed by atoms with E-state index in [-0.39, 0.29) is 11.8 Å². The van der Waals surface area contributed by atoms with Crippen LogP contribution >= 0.6 is 0 Å². The van der Waals surface area contributed by atoms with Crippen molar-refractivity contribution >= 4 is 22.6 Å². The van der Waals surface area contributed by atoms with Gasteiger partial charge in [-0.1, -0.05) is 42.5 Å². The molecular weight excluding hydrogens is 376 g/mol. The lowest BCUT2D eigenvalue weighted by molar-refractivity contribution is -0.139. The summed E-state index contributed by atoms with van der Waals surface area (Å²) in [4.78, 5) is 27.1. The summed E-state index contributed by atoms with van der Waals surface area (Å²) in [7, 11) is 0. The van der Waals surface area contributed by atoms with Crippen molar-refractivity contribution in [3.05, 3.63) is 54.6 Å². The number of hydrogen-bond acceptors (Lipinski definition) is 5. The van der Waals surface area contributed by atoms with E-state index in [2.05, 4.69) is 11.0 Å². The summed E-state index contributed by atoms with van der Waals surface area (Å²) in [5.41, 5.74) is 1.94. The molecule has 2 fully saturated rings. The molecular formula is C24H26N4O2. The number of ether oxygens (including phenoxy) is 1. The Hall–Kier alpha value is -2.99. The molecule has 0 radical (unpaired) electrons. The first-order valence-corrected chi connectivity index (χ1v) is 10.7. The van der Waals surface area contributed by atoms with Crippen molar-refractivity contribution < 1.29 is 9.53 Å². The third kappa shape index (κ3) is 3.75. The number of hydrogen-bond donors (Lipinski definition) is 0. The molecule has 3 heterocycles.